The number of fused-ring (bicyclic) bond motifs is 1. The summed E-state index contributed by atoms with van der Waals surface area (Å²) in [6.45, 7) is 22.5. The first-order chi connectivity index (χ1) is 21.6. The van der Waals surface area contributed by atoms with Gasteiger partial charge in [0.05, 0.1) is 13.2 Å². The topological polar surface area (TPSA) is 51.2 Å². The number of allylic oxidation sites excluding steroid dienone is 2. The summed E-state index contributed by atoms with van der Waals surface area (Å²) in [7, 11) is 0. The molecule has 3 aromatic carbocycles. The number of nitrogens with zero attached hydrogens (tertiary/aromatic N) is 1. The van der Waals surface area contributed by atoms with Gasteiger partial charge in [0.2, 0.25) is 0 Å². The molecule has 0 unspecified atom stereocenters. The van der Waals surface area contributed by atoms with E-state index in [2.05, 4.69) is 75.9 Å². The largest absolute Gasteiger partial charge is 1.00 e. The molecule has 0 amide bonds. The Balaban J connectivity index is 0.000000771. The summed E-state index contributed by atoms with van der Waals surface area (Å²) in [5.74, 6) is 3.03. The minimum absolute atomic E-state index is 0. The van der Waals surface area contributed by atoms with Crippen molar-refractivity contribution < 1.29 is 70.7 Å². The minimum atomic E-state index is 0. The molecule has 6 heteroatoms. The molecule has 0 radical (unpaired) electrons. The van der Waals surface area contributed by atoms with E-state index < -0.39 is 0 Å². The second kappa shape index (κ2) is 19.2. The molecule has 47 heavy (non-hydrogen) atoms. The smallest absolute Gasteiger partial charge is 0.551 e. The van der Waals surface area contributed by atoms with Crippen LogP contribution in [0, 0.1) is 34.6 Å². The zero-order valence-corrected chi connectivity index (χ0v) is 33.7. The van der Waals surface area contributed by atoms with Gasteiger partial charge in [-0.15, -0.1) is 13.3 Å². The third-order valence-electron chi connectivity index (χ3n) is 9.11. The maximum absolute atomic E-state index is 8.66. The van der Waals surface area contributed by atoms with Crippen LogP contribution in [-0.4, -0.2) is 41.8 Å². The van der Waals surface area contributed by atoms with Crippen molar-refractivity contribution >= 4 is 0 Å². The van der Waals surface area contributed by atoms with Crippen molar-refractivity contribution in [1.29, 1.82) is 0 Å². The molecule has 252 valence electrons. The van der Waals surface area contributed by atoms with Crippen LogP contribution in [0.15, 0.2) is 60.4 Å². The first-order valence-electron chi connectivity index (χ1n) is 16.6. The molecule has 1 N–H and O–H groups in total. The summed E-state index contributed by atoms with van der Waals surface area (Å²) < 4.78 is 18.7. The van der Waals surface area contributed by atoms with E-state index in [1.165, 1.54) is 40.8 Å². The third kappa shape index (κ3) is 10.5. The van der Waals surface area contributed by atoms with Crippen molar-refractivity contribution in [1.82, 2.24) is 4.90 Å². The molecule has 0 aromatic heterocycles. The molecule has 3 aromatic rings. The van der Waals surface area contributed by atoms with Crippen LogP contribution in [0.2, 0.25) is 0 Å². The van der Waals surface area contributed by atoms with Crippen molar-refractivity contribution in [2.45, 2.75) is 92.2 Å². The van der Waals surface area contributed by atoms with Crippen LogP contribution in [-0.2, 0) is 6.42 Å². The monoisotopic (exact) mass is 665 g/mol. The number of benzene rings is 3. The fourth-order valence-electron chi connectivity index (χ4n) is 6.25. The summed E-state index contributed by atoms with van der Waals surface area (Å²) in [5.41, 5.74) is 8.74. The summed E-state index contributed by atoms with van der Waals surface area (Å²) in [4.78, 5) is 2.55. The Labute approximate surface area is 328 Å². The molecule has 0 bridgehead atoms. The predicted molar refractivity (Wildman–Crippen MR) is 193 cm³/mol. The number of aliphatic hydroxyl groups excluding tert-OH is 1. The van der Waals surface area contributed by atoms with Gasteiger partial charge >= 0.3 is 51.4 Å². The fraction of sp³-hybridized carbons (Fsp3) is 0.439. The maximum Gasteiger partial charge on any atom is 1.00 e. The second-order valence-electron chi connectivity index (χ2n) is 12.7. The van der Waals surface area contributed by atoms with Gasteiger partial charge in [0, 0.05) is 24.4 Å². The molecule has 5 rings (SSSR count). The molecule has 0 saturated carbocycles. The Kier molecular flexibility index (Phi) is 16.8. The average Bonchev–Trinajstić information content (AvgIpc) is 3.43. The molecule has 5 nitrogen and oxygen atoms in total. The Bertz CT molecular complexity index is 1460. The van der Waals surface area contributed by atoms with Crippen LogP contribution in [0.4, 0.5) is 0 Å². The number of hydrogen-bond acceptors (Lipinski definition) is 5. The van der Waals surface area contributed by atoms with Gasteiger partial charge < -0.3 is 26.7 Å². The van der Waals surface area contributed by atoms with Crippen LogP contribution < -0.4 is 65.6 Å². The number of aryl methyl sites for hydroxylation is 1. The molecule has 1 atom stereocenters. The minimum Gasteiger partial charge on any atom is -0.551 e. The molecule has 2 aliphatic rings. The Morgan fingerprint density at radius 2 is 1.77 bits per heavy atom. The standard InChI is InChI=1S/C34H42NO3.C6H11O.CH3.K/c1-7-36-32-22-33(24(3)21-23(32)2)38-31-16-15-28-27(12-8-13-29(28)31)26-11-9-14-30(25(26)4)37-20-10-18-35-19-17-34(35,5)6;1-3-5-6(7)4-2;;/h8-9,11-14,21-22,31H,2,7,10,15-20H2,1,3-6H3;4-5,7H,3H2,1-2H3;1H3;/q3*-1;+1/b;6-5+;;/t31-;;;/m0.../s1. The van der Waals surface area contributed by atoms with Crippen molar-refractivity contribution in [3.63, 3.8) is 0 Å². The first-order valence-corrected chi connectivity index (χ1v) is 16.6. The number of aliphatic hydroxyl groups is 1. The number of likely N-dealkylation sites (tertiary alicyclic amines) is 1. The van der Waals surface area contributed by atoms with E-state index >= 15 is 0 Å². The molecule has 0 spiro atoms. The van der Waals surface area contributed by atoms with E-state index in [0.29, 0.717) is 17.9 Å². The Morgan fingerprint density at radius 3 is 2.38 bits per heavy atom. The van der Waals surface area contributed by atoms with E-state index in [1.807, 2.05) is 32.9 Å². The van der Waals surface area contributed by atoms with Gasteiger partial charge in [-0.2, -0.15) is 31.1 Å². The van der Waals surface area contributed by atoms with Crippen LogP contribution in [0.1, 0.15) is 94.2 Å². The van der Waals surface area contributed by atoms with Gasteiger partial charge in [0.1, 0.15) is 17.6 Å². The normalized spacial score (nSPS) is 16.3. The van der Waals surface area contributed by atoms with Gasteiger partial charge in [-0.1, -0.05) is 42.8 Å². The van der Waals surface area contributed by atoms with E-state index in [4.69, 9.17) is 19.3 Å². The number of rotatable bonds is 12. The molecular weight excluding hydrogens is 610 g/mol. The average molecular weight is 666 g/mol. The quantitative estimate of drug-likeness (QED) is 0.0947. The third-order valence-corrected chi connectivity index (χ3v) is 9.11. The zero-order valence-electron chi connectivity index (χ0n) is 30.5. The molecule has 1 fully saturated rings. The molecule has 1 saturated heterocycles. The maximum atomic E-state index is 8.66. The van der Waals surface area contributed by atoms with Crippen LogP contribution >= 0.6 is 0 Å². The van der Waals surface area contributed by atoms with E-state index in [9.17, 15) is 0 Å². The van der Waals surface area contributed by atoms with Crippen LogP contribution in [0.25, 0.3) is 11.1 Å². The van der Waals surface area contributed by atoms with Gasteiger partial charge in [-0.05, 0) is 106 Å². The molecular formula is C41H56KNO4-2. The van der Waals surface area contributed by atoms with E-state index in [1.54, 1.807) is 12.5 Å². The van der Waals surface area contributed by atoms with E-state index in [0.717, 1.165) is 67.2 Å². The molecule has 1 aliphatic heterocycles. The van der Waals surface area contributed by atoms with Gasteiger partial charge in [-0.3, -0.25) is 4.90 Å². The second-order valence-corrected chi connectivity index (χ2v) is 12.7. The first kappa shape index (κ1) is 41.1. The van der Waals surface area contributed by atoms with Crippen LogP contribution in [0.3, 0.4) is 0 Å². The van der Waals surface area contributed by atoms with Crippen LogP contribution in [0.5, 0.6) is 17.2 Å². The van der Waals surface area contributed by atoms with E-state index in [-0.39, 0.29) is 64.9 Å². The summed E-state index contributed by atoms with van der Waals surface area (Å²) in [5, 5.41) is 8.66. The fourth-order valence-corrected chi connectivity index (χ4v) is 6.25. The van der Waals surface area contributed by atoms with Gasteiger partial charge in [-0.25, -0.2) is 0 Å². The predicted octanol–water partition coefficient (Wildman–Crippen LogP) is 7.39. The number of hydrogen-bond donors (Lipinski definition) is 1. The SMILES string of the molecule is C[CH-]/C(O)=C\CC.[CH2-]c1cc(C)c(O[C@H]2CCc3c(-c4cccc(OCCCN5CCC5(C)C)c4C)cccc32)cc1OCC.[CH3-].[K+]. The Morgan fingerprint density at radius 1 is 1.04 bits per heavy atom. The summed E-state index contributed by atoms with van der Waals surface area (Å²) >= 11 is 0. The van der Waals surface area contributed by atoms with Crippen molar-refractivity contribution in [2.75, 3.05) is 26.3 Å². The number of ether oxygens (including phenoxy) is 3. The molecule has 1 heterocycles. The summed E-state index contributed by atoms with van der Waals surface area (Å²) in [6, 6.07) is 17.1. The van der Waals surface area contributed by atoms with Crippen molar-refractivity contribution in [2.24, 2.45) is 0 Å². The molecule has 1 aliphatic carbocycles. The summed E-state index contributed by atoms with van der Waals surface area (Å²) in [6.07, 6.45) is 8.66. The van der Waals surface area contributed by atoms with Gasteiger partial charge in [0.25, 0.3) is 0 Å². The van der Waals surface area contributed by atoms with Gasteiger partial charge in [0.15, 0.2) is 0 Å². The Hall–Kier alpha value is -2.06. The van der Waals surface area contributed by atoms with Crippen molar-refractivity contribution in [3.05, 3.63) is 109 Å². The zero-order chi connectivity index (χ0) is 32.6. The van der Waals surface area contributed by atoms with Crippen molar-refractivity contribution in [3.8, 4) is 28.4 Å².